The first-order valence-electron chi connectivity index (χ1n) is 20.0. The number of likely N-dealkylation sites (tertiary alicyclic amines) is 1. The van der Waals surface area contributed by atoms with Gasteiger partial charge in [-0.1, -0.05) is 6.07 Å². The number of hydrogen-bond donors (Lipinski definition) is 6. The highest BCUT2D eigenvalue weighted by Crippen LogP contribution is 2.78. The van der Waals surface area contributed by atoms with E-state index in [1.54, 1.807) is 14.2 Å². The zero-order valence-corrected chi connectivity index (χ0v) is 32.8. The fourth-order valence-corrected chi connectivity index (χ4v) is 12.0. The number of carbonyl (C=O) groups excluding carboxylic acids is 3. The average molecular weight is 753 g/mol. The number of rotatable bonds is 16. The van der Waals surface area contributed by atoms with Gasteiger partial charge in [0.05, 0.1) is 43.7 Å². The molecule has 4 bridgehead atoms. The molecule has 54 heavy (non-hydrogen) atoms. The van der Waals surface area contributed by atoms with Crippen LogP contribution in [0.3, 0.4) is 0 Å². The number of nitrogens with zero attached hydrogens (tertiary/aromatic N) is 2. The molecular weight excluding hydrogens is 690 g/mol. The number of ketones is 1. The standard InChI is InChI=1S/C40H61N7O7/c1-37(2,51)29-21-38-12-13-40(29,52-5)34-39(38)14-18-47(4,23-24-8-9-24)30(38)20-25-10-11-28(32(54-34)31(25)39)53-36(50)46(3)17-16-44-33(49)26(19-27(48)22-41)7-6-15-45-35(42)43/h10-11,24,26,29-30,34,51H,6-9,12-23,41H2,1-5H3,(H4-,42,43,44,45,49)/p+1/t26-,29-,30-,34-,38-,39+,40-,47?/m1/s1. The van der Waals surface area contributed by atoms with Crippen LogP contribution in [-0.4, -0.2) is 122 Å². The molecule has 7 aliphatic rings. The van der Waals surface area contributed by atoms with Crippen molar-refractivity contribution in [2.24, 2.45) is 34.6 Å². The molecule has 4 saturated carbocycles. The third-order valence-electron chi connectivity index (χ3n) is 14.6. The molecule has 2 heterocycles. The average Bonchev–Trinajstić information content (AvgIpc) is 3.86. The maximum absolute atomic E-state index is 13.6. The first-order chi connectivity index (χ1) is 25.5. The third kappa shape index (κ3) is 6.15. The molecule has 1 unspecified atom stereocenters. The molecule has 1 aromatic carbocycles. The largest absolute Gasteiger partial charge is 0.482 e. The minimum absolute atomic E-state index is 0.0194. The monoisotopic (exact) mass is 752 g/mol. The lowest BCUT2D eigenvalue weighted by Gasteiger charge is -2.75. The van der Waals surface area contributed by atoms with E-state index in [1.165, 1.54) is 35.4 Å². The van der Waals surface area contributed by atoms with E-state index in [-0.39, 0.29) is 66.6 Å². The van der Waals surface area contributed by atoms with E-state index in [1.807, 2.05) is 19.9 Å². The summed E-state index contributed by atoms with van der Waals surface area (Å²) in [5.41, 5.74) is 11.3. The summed E-state index contributed by atoms with van der Waals surface area (Å²) < 4.78 is 21.0. The topological polar surface area (TPSA) is 202 Å². The normalized spacial score (nSPS) is 33.3. The minimum atomic E-state index is -0.974. The second-order valence-electron chi connectivity index (χ2n) is 18.1. The Morgan fingerprint density at radius 2 is 1.94 bits per heavy atom. The van der Waals surface area contributed by atoms with E-state index in [2.05, 4.69) is 23.7 Å². The number of hydrogen-bond acceptors (Lipinski definition) is 9. The summed E-state index contributed by atoms with van der Waals surface area (Å²) in [5.74, 6) is 0.456. The summed E-state index contributed by atoms with van der Waals surface area (Å²) in [6, 6.07) is 4.42. The van der Waals surface area contributed by atoms with Gasteiger partial charge in [0.15, 0.2) is 17.5 Å². The second kappa shape index (κ2) is 13.9. The third-order valence-corrected chi connectivity index (χ3v) is 14.6. The van der Waals surface area contributed by atoms with E-state index in [0.29, 0.717) is 36.9 Å². The van der Waals surface area contributed by atoms with Gasteiger partial charge in [-0.15, -0.1) is 0 Å². The van der Waals surface area contributed by atoms with Crippen molar-refractivity contribution < 1.29 is 38.2 Å². The van der Waals surface area contributed by atoms with Crippen LogP contribution in [-0.2, 0) is 26.2 Å². The highest BCUT2D eigenvalue weighted by molar-refractivity contribution is 5.87. The molecule has 5 fully saturated rings. The predicted octanol–water partition coefficient (Wildman–Crippen LogP) is 2.17. The number of ether oxygens (including phenoxy) is 3. The number of piperidine rings is 1. The van der Waals surface area contributed by atoms with Crippen molar-refractivity contribution in [2.45, 2.75) is 107 Å². The molecule has 2 spiro atoms. The maximum Gasteiger partial charge on any atom is 0.415 e. The number of likely N-dealkylation sites (N-methyl/N-ethyl adjacent to an activating group) is 2. The Hall–Kier alpha value is -3.46. The van der Waals surface area contributed by atoms with Gasteiger partial charge in [-0.05, 0) is 70.4 Å². The zero-order chi connectivity index (χ0) is 38.8. The van der Waals surface area contributed by atoms with Gasteiger partial charge in [0.25, 0.3) is 0 Å². The van der Waals surface area contributed by atoms with Crippen molar-refractivity contribution in [3.05, 3.63) is 23.3 Å². The minimum Gasteiger partial charge on any atom is -0.482 e. The fraction of sp³-hybridized carbons (Fsp3) is 0.750. The van der Waals surface area contributed by atoms with E-state index in [9.17, 15) is 19.5 Å². The van der Waals surface area contributed by atoms with Crippen LogP contribution in [0.5, 0.6) is 11.5 Å². The quantitative estimate of drug-likeness (QED) is 0.0629. The van der Waals surface area contributed by atoms with Crippen LogP contribution >= 0.6 is 0 Å². The number of nitrogens with two attached hydrogens (primary N) is 2. The number of Topliss-reactive ketones (excluding diaryl/α,β-unsaturated/α-hetero) is 1. The molecule has 298 valence electrons. The fourth-order valence-electron chi connectivity index (χ4n) is 12.0. The molecule has 0 radical (unpaired) electrons. The summed E-state index contributed by atoms with van der Waals surface area (Å²) in [7, 11) is 5.88. The second-order valence-corrected chi connectivity index (χ2v) is 18.1. The summed E-state index contributed by atoms with van der Waals surface area (Å²) in [6.45, 7) is 6.72. The molecule has 0 aromatic heterocycles. The van der Waals surface area contributed by atoms with Crippen LogP contribution in [0.1, 0.15) is 82.8 Å². The Balaban J connectivity index is 1.10. The van der Waals surface area contributed by atoms with Crippen molar-refractivity contribution in [2.75, 3.05) is 60.5 Å². The van der Waals surface area contributed by atoms with Crippen LogP contribution in [0, 0.1) is 28.6 Å². The summed E-state index contributed by atoms with van der Waals surface area (Å²) in [6.07, 6.45) is 7.33. The van der Waals surface area contributed by atoms with E-state index >= 15 is 0 Å². The molecule has 8 rings (SSSR count). The number of amides is 2. The molecular formula is C40H62N7O7+. The number of nitrogens with one attached hydrogen (secondary N) is 3. The lowest BCUT2D eigenvalue weighted by molar-refractivity contribution is -0.952. The summed E-state index contributed by atoms with van der Waals surface area (Å²) in [5, 5.41) is 24.7. The molecule has 14 heteroatoms. The first-order valence-corrected chi connectivity index (χ1v) is 20.0. The van der Waals surface area contributed by atoms with Gasteiger partial charge in [-0.2, -0.15) is 0 Å². The molecule has 8 N–H and O–H groups in total. The van der Waals surface area contributed by atoms with Crippen molar-refractivity contribution in [1.82, 2.24) is 15.5 Å². The van der Waals surface area contributed by atoms with Crippen molar-refractivity contribution in [3.63, 3.8) is 0 Å². The number of aliphatic hydroxyl groups is 1. The lowest BCUT2D eigenvalue weighted by atomic mass is 9.33. The van der Waals surface area contributed by atoms with E-state index < -0.39 is 23.2 Å². The smallest absolute Gasteiger partial charge is 0.415 e. The van der Waals surface area contributed by atoms with E-state index in [0.717, 1.165) is 49.0 Å². The molecule has 2 aliphatic heterocycles. The molecule has 5 aliphatic carbocycles. The van der Waals surface area contributed by atoms with Crippen LogP contribution in [0.4, 0.5) is 4.79 Å². The van der Waals surface area contributed by atoms with Crippen LogP contribution in [0.15, 0.2) is 12.1 Å². The van der Waals surface area contributed by atoms with Crippen LogP contribution < -0.4 is 31.6 Å². The Bertz CT molecular complexity index is 1680. The first kappa shape index (κ1) is 38.8. The summed E-state index contributed by atoms with van der Waals surface area (Å²) in [4.78, 5) is 40.3. The molecule has 14 nitrogen and oxygen atoms in total. The van der Waals surface area contributed by atoms with Crippen molar-refractivity contribution in [1.29, 1.82) is 5.41 Å². The number of carbonyl (C=O) groups is 3. The Morgan fingerprint density at radius 3 is 2.61 bits per heavy atom. The molecule has 8 atom stereocenters. The maximum atomic E-state index is 13.6. The number of methoxy groups -OCH3 is 1. The Kier molecular flexibility index (Phi) is 10.0. The van der Waals surface area contributed by atoms with Gasteiger partial charge in [-0.25, -0.2) is 4.79 Å². The zero-order valence-electron chi connectivity index (χ0n) is 32.8. The highest BCUT2D eigenvalue weighted by atomic mass is 16.6. The van der Waals surface area contributed by atoms with Crippen molar-refractivity contribution in [3.8, 4) is 11.5 Å². The van der Waals surface area contributed by atoms with Gasteiger partial charge in [0, 0.05) is 81.8 Å². The predicted molar refractivity (Wildman–Crippen MR) is 202 cm³/mol. The SMILES string of the molecule is CO[C@]12CC[C@@]3(C[C@@H]1C(C)(C)O)[C@H]1Cc4ccc(OC(=O)N(C)CCNC(=O)[C@H](CCCNC(=N)N)CC(=O)CN)c5c4[C@@]3(CC[N+]1(C)CC1CC1)[C@H]2O5. The van der Waals surface area contributed by atoms with Gasteiger partial charge in [-0.3, -0.25) is 15.0 Å². The van der Waals surface area contributed by atoms with E-state index in [4.69, 9.17) is 31.1 Å². The lowest BCUT2D eigenvalue weighted by Crippen LogP contribution is -2.84. The van der Waals surface area contributed by atoms with Crippen LogP contribution in [0.2, 0.25) is 0 Å². The van der Waals surface area contributed by atoms with Gasteiger partial charge >= 0.3 is 6.09 Å². The summed E-state index contributed by atoms with van der Waals surface area (Å²) >= 11 is 0. The van der Waals surface area contributed by atoms with Crippen LogP contribution in [0.25, 0.3) is 0 Å². The number of fused-ring (bicyclic) bond motifs is 2. The Morgan fingerprint density at radius 1 is 1.19 bits per heavy atom. The van der Waals surface area contributed by atoms with Gasteiger partial charge < -0.3 is 50.8 Å². The highest BCUT2D eigenvalue weighted by Gasteiger charge is 2.84. The Labute approximate surface area is 319 Å². The van der Waals surface area contributed by atoms with Gasteiger partial charge in [0.1, 0.15) is 17.5 Å². The van der Waals surface area contributed by atoms with Gasteiger partial charge in [0.2, 0.25) is 5.91 Å². The molecule has 1 saturated heterocycles. The number of benzene rings is 1. The molecule has 1 aromatic rings. The molecule has 2 amide bonds. The van der Waals surface area contributed by atoms with Crippen molar-refractivity contribution >= 4 is 23.7 Å². The number of quaternary nitrogens is 1. The number of guanidine groups is 1.